The Hall–Kier alpha value is -1.22. The molecule has 1 aromatic rings. The van der Waals surface area contributed by atoms with Crippen molar-refractivity contribution in [2.24, 2.45) is 0 Å². The summed E-state index contributed by atoms with van der Waals surface area (Å²) in [5, 5.41) is 0. The molecule has 3 heteroatoms. The van der Waals surface area contributed by atoms with E-state index in [4.69, 9.17) is 0 Å². The molecule has 0 aromatic heterocycles. The fraction of sp³-hybridized carbons (Fsp3) is 0.308. The Morgan fingerprint density at radius 2 is 2.25 bits per heavy atom. The van der Waals surface area contributed by atoms with E-state index in [1.165, 1.54) is 7.11 Å². The molecule has 0 saturated carbocycles. The summed E-state index contributed by atoms with van der Waals surface area (Å²) in [5.41, 5.74) is 2.77. The molecule has 0 heterocycles. The van der Waals surface area contributed by atoms with E-state index in [2.05, 4.69) is 23.4 Å². The summed E-state index contributed by atoms with van der Waals surface area (Å²) >= 11 is 4.14. The van der Waals surface area contributed by atoms with Crippen molar-refractivity contribution in [3.8, 4) is 0 Å². The van der Waals surface area contributed by atoms with Crippen LogP contribution in [0, 0.1) is 6.92 Å². The second-order valence-corrected chi connectivity index (χ2v) is 3.92. The third kappa shape index (κ3) is 3.42. The van der Waals surface area contributed by atoms with Gasteiger partial charge in [0.1, 0.15) is 0 Å². The van der Waals surface area contributed by atoms with E-state index in [0.29, 0.717) is 5.56 Å². The van der Waals surface area contributed by atoms with E-state index in [1.54, 1.807) is 6.07 Å². The molecule has 1 rings (SSSR count). The molecule has 0 amide bonds. The first-order valence-electron chi connectivity index (χ1n) is 5.15. The van der Waals surface area contributed by atoms with Crippen LogP contribution < -0.4 is 0 Å². The van der Waals surface area contributed by atoms with Gasteiger partial charge in [-0.3, -0.25) is 0 Å². The summed E-state index contributed by atoms with van der Waals surface area (Å²) in [5.74, 6) is 0.524. The molecule has 16 heavy (non-hydrogen) atoms. The van der Waals surface area contributed by atoms with Gasteiger partial charge in [0.15, 0.2) is 0 Å². The van der Waals surface area contributed by atoms with Crippen molar-refractivity contribution in [1.29, 1.82) is 0 Å². The van der Waals surface area contributed by atoms with Gasteiger partial charge in [0.2, 0.25) is 0 Å². The van der Waals surface area contributed by atoms with E-state index in [1.807, 2.05) is 25.1 Å². The minimum atomic E-state index is -0.302. The van der Waals surface area contributed by atoms with Crippen molar-refractivity contribution in [3.63, 3.8) is 0 Å². The zero-order chi connectivity index (χ0) is 12.0. The SMILES string of the molecule is COC(=O)c1ccc(C)c(C=CCCS)c1. The highest BCUT2D eigenvalue weighted by atomic mass is 32.1. The van der Waals surface area contributed by atoms with Crippen molar-refractivity contribution in [1.82, 2.24) is 0 Å². The number of aryl methyl sites for hydroxylation is 1. The molecule has 0 bridgehead atoms. The predicted molar refractivity (Wildman–Crippen MR) is 70.0 cm³/mol. The average Bonchev–Trinajstić information content (AvgIpc) is 2.31. The lowest BCUT2D eigenvalue weighted by Gasteiger charge is -2.04. The molecule has 0 aliphatic rings. The van der Waals surface area contributed by atoms with Crippen LogP contribution in [0.5, 0.6) is 0 Å². The third-order valence-corrected chi connectivity index (χ3v) is 2.55. The zero-order valence-corrected chi connectivity index (χ0v) is 10.5. The lowest BCUT2D eigenvalue weighted by molar-refractivity contribution is 0.0600. The Morgan fingerprint density at radius 3 is 2.88 bits per heavy atom. The van der Waals surface area contributed by atoms with E-state index in [0.717, 1.165) is 23.3 Å². The number of carbonyl (C=O) groups excluding carboxylic acids is 1. The number of hydrogen-bond acceptors (Lipinski definition) is 3. The molecule has 0 aliphatic heterocycles. The highest BCUT2D eigenvalue weighted by Gasteiger charge is 2.06. The summed E-state index contributed by atoms with van der Waals surface area (Å²) in [6, 6.07) is 5.54. The largest absolute Gasteiger partial charge is 0.465 e. The van der Waals surface area contributed by atoms with Crippen LogP contribution in [0.2, 0.25) is 0 Å². The Morgan fingerprint density at radius 1 is 1.50 bits per heavy atom. The molecule has 0 spiro atoms. The van der Waals surface area contributed by atoms with Crippen LogP contribution in [0.4, 0.5) is 0 Å². The number of methoxy groups -OCH3 is 1. The van der Waals surface area contributed by atoms with E-state index in [9.17, 15) is 4.79 Å². The Bertz CT molecular complexity index is 397. The smallest absolute Gasteiger partial charge is 0.337 e. The molecule has 0 N–H and O–H groups in total. The van der Waals surface area contributed by atoms with Gasteiger partial charge in [-0.1, -0.05) is 18.2 Å². The van der Waals surface area contributed by atoms with Gasteiger partial charge in [-0.25, -0.2) is 4.79 Å². The number of hydrogen-bond donors (Lipinski definition) is 1. The summed E-state index contributed by atoms with van der Waals surface area (Å²) in [7, 11) is 1.39. The number of allylic oxidation sites excluding steroid dienone is 1. The lowest BCUT2D eigenvalue weighted by Crippen LogP contribution is -2.01. The van der Waals surface area contributed by atoms with Gasteiger partial charge < -0.3 is 4.74 Å². The maximum atomic E-state index is 11.3. The summed E-state index contributed by atoms with van der Waals surface area (Å²) in [4.78, 5) is 11.3. The highest BCUT2D eigenvalue weighted by Crippen LogP contribution is 2.14. The molecule has 0 radical (unpaired) electrons. The summed E-state index contributed by atoms with van der Waals surface area (Å²) in [6.07, 6.45) is 4.99. The quantitative estimate of drug-likeness (QED) is 0.642. The standard InChI is InChI=1S/C13H16O2S/c1-10-6-7-12(13(14)15-2)9-11(10)5-3-4-8-16/h3,5-7,9,16H,4,8H2,1-2H3. The Labute approximate surface area is 102 Å². The van der Waals surface area contributed by atoms with Crippen molar-refractivity contribution < 1.29 is 9.53 Å². The van der Waals surface area contributed by atoms with Gasteiger partial charge in [0, 0.05) is 0 Å². The number of benzene rings is 1. The first kappa shape index (κ1) is 12.8. The van der Waals surface area contributed by atoms with E-state index >= 15 is 0 Å². The average molecular weight is 236 g/mol. The third-order valence-electron chi connectivity index (χ3n) is 2.29. The van der Waals surface area contributed by atoms with Crippen LogP contribution in [-0.4, -0.2) is 18.8 Å². The molecule has 0 unspecified atom stereocenters. The van der Waals surface area contributed by atoms with Crippen molar-refractivity contribution in [2.45, 2.75) is 13.3 Å². The topological polar surface area (TPSA) is 26.3 Å². The van der Waals surface area contributed by atoms with Crippen LogP contribution in [-0.2, 0) is 4.74 Å². The van der Waals surface area contributed by atoms with E-state index in [-0.39, 0.29) is 5.97 Å². The lowest BCUT2D eigenvalue weighted by atomic mass is 10.0. The zero-order valence-electron chi connectivity index (χ0n) is 9.56. The summed E-state index contributed by atoms with van der Waals surface area (Å²) < 4.78 is 4.68. The van der Waals surface area contributed by atoms with Crippen LogP contribution in [0.15, 0.2) is 24.3 Å². The fourth-order valence-corrected chi connectivity index (χ4v) is 1.50. The van der Waals surface area contributed by atoms with Gasteiger partial charge in [-0.15, -0.1) is 0 Å². The fourth-order valence-electron chi connectivity index (χ4n) is 1.35. The minimum Gasteiger partial charge on any atom is -0.465 e. The van der Waals surface area contributed by atoms with Crippen LogP contribution in [0.25, 0.3) is 6.08 Å². The molecule has 0 fully saturated rings. The molecule has 0 aliphatic carbocycles. The van der Waals surface area contributed by atoms with Crippen molar-refractivity contribution in [2.75, 3.05) is 12.9 Å². The molecule has 2 nitrogen and oxygen atoms in total. The van der Waals surface area contributed by atoms with Gasteiger partial charge in [0.05, 0.1) is 12.7 Å². The highest BCUT2D eigenvalue weighted by molar-refractivity contribution is 7.80. The molecule has 0 saturated heterocycles. The molecule has 0 atom stereocenters. The number of thiol groups is 1. The number of esters is 1. The molecular formula is C13H16O2S. The molecule has 86 valence electrons. The normalized spacial score (nSPS) is 10.7. The first-order chi connectivity index (χ1) is 7.69. The van der Waals surface area contributed by atoms with Gasteiger partial charge in [0.25, 0.3) is 0 Å². The van der Waals surface area contributed by atoms with Crippen molar-refractivity contribution >= 4 is 24.7 Å². The Kier molecular flexibility index (Phi) is 5.12. The van der Waals surface area contributed by atoms with Crippen molar-refractivity contribution in [3.05, 3.63) is 41.0 Å². The monoisotopic (exact) mass is 236 g/mol. The van der Waals surface area contributed by atoms with Crippen LogP contribution in [0.1, 0.15) is 27.9 Å². The van der Waals surface area contributed by atoms with E-state index < -0.39 is 0 Å². The molecular weight excluding hydrogens is 220 g/mol. The maximum Gasteiger partial charge on any atom is 0.337 e. The van der Waals surface area contributed by atoms with Gasteiger partial charge >= 0.3 is 5.97 Å². The second kappa shape index (κ2) is 6.38. The maximum absolute atomic E-state index is 11.3. The molecule has 1 aromatic carbocycles. The summed E-state index contributed by atoms with van der Waals surface area (Å²) in [6.45, 7) is 2.02. The minimum absolute atomic E-state index is 0.302. The predicted octanol–water partition coefficient (Wildman–Crippen LogP) is 3.11. The first-order valence-corrected chi connectivity index (χ1v) is 5.78. The van der Waals surface area contributed by atoms with Crippen LogP contribution >= 0.6 is 12.6 Å². The van der Waals surface area contributed by atoms with Gasteiger partial charge in [-0.2, -0.15) is 12.6 Å². The number of carbonyl (C=O) groups is 1. The number of rotatable bonds is 4. The Balaban J connectivity index is 2.94. The number of ether oxygens (including phenoxy) is 1. The van der Waals surface area contributed by atoms with Crippen LogP contribution in [0.3, 0.4) is 0 Å². The second-order valence-electron chi connectivity index (χ2n) is 3.48. The van der Waals surface area contributed by atoms with Gasteiger partial charge in [-0.05, 0) is 42.4 Å².